The Bertz CT molecular complexity index is 1120. The van der Waals surface area contributed by atoms with Crippen LogP contribution < -0.4 is 9.47 Å². The highest BCUT2D eigenvalue weighted by Crippen LogP contribution is 2.31. The van der Waals surface area contributed by atoms with Crippen LogP contribution >= 0.6 is 0 Å². The predicted molar refractivity (Wildman–Crippen MR) is 110 cm³/mol. The molecule has 0 fully saturated rings. The highest BCUT2D eigenvalue weighted by Gasteiger charge is 2.25. The first kappa shape index (κ1) is 20.9. The summed E-state index contributed by atoms with van der Waals surface area (Å²) in [5.74, 6) is 1.87. The molecule has 0 saturated heterocycles. The zero-order valence-electron chi connectivity index (χ0n) is 17.1. The summed E-state index contributed by atoms with van der Waals surface area (Å²) in [6, 6.07) is 12.3. The summed E-state index contributed by atoms with van der Waals surface area (Å²) in [6.07, 6.45) is 0. The Morgan fingerprint density at radius 2 is 1.72 bits per heavy atom. The summed E-state index contributed by atoms with van der Waals surface area (Å²) in [5.41, 5.74) is 2.48. The molecule has 0 aliphatic rings. The maximum Gasteiger partial charge on any atom is 0.243 e. The molecule has 1 aromatic heterocycles. The lowest BCUT2D eigenvalue weighted by Gasteiger charge is -2.17. The van der Waals surface area contributed by atoms with E-state index in [0.717, 1.165) is 11.1 Å². The van der Waals surface area contributed by atoms with Gasteiger partial charge in [-0.05, 0) is 37.6 Å². The van der Waals surface area contributed by atoms with Crippen molar-refractivity contribution in [2.45, 2.75) is 25.3 Å². The molecule has 0 aliphatic heterocycles. The lowest BCUT2D eigenvalue weighted by molar-refractivity contribution is 0.353. The van der Waals surface area contributed by atoms with E-state index in [4.69, 9.17) is 13.9 Å². The molecule has 1 heterocycles. The fourth-order valence-electron chi connectivity index (χ4n) is 2.96. The average molecular weight is 416 g/mol. The maximum atomic E-state index is 13.0. The Labute approximate surface area is 170 Å². The Hall–Kier alpha value is -2.84. The highest BCUT2D eigenvalue weighted by molar-refractivity contribution is 7.89. The monoisotopic (exact) mass is 416 g/mol. The standard InChI is InChI=1S/C21H24N2O5S/c1-14-8-6-7-9-17(14)21-22-18(15(2)28-21)13-23(3)29(24,25)16-10-11-19(26-4)20(12-16)27-5/h6-12H,13H2,1-5H3. The fraction of sp³-hybridized carbons (Fsp3) is 0.286. The molecule has 0 atom stereocenters. The van der Waals surface area contributed by atoms with Crippen molar-refractivity contribution < 1.29 is 22.3 Å². The van der Waals surface area contributed by atoms with Gasteiger partial charge in [-0.3, -0.25) is 0 Å². The van der Waals surface area contributed by atoms with Crippen molar-refractivity contribution in [3.63, 3.8) is 0 Å². The van der Waals surface area contributed by atoms with Crippen molar-refractivity contribution in [1.29, 1.82) is 0 Å². The SMILES string of the molecule is COc1ccc(S(=O)(=O)N(C)Cc2nc(-c3ccccc3C)oc2C)cc1OC. The largest absolute Gasteiger partial charge is 0.493 e. The van der Waals surface area contributed by atoms with E-state index >= 15 is 0 Å². The van der Waals surface area contributed by atoms with Crippen LogP contribution in [0.2, 0.25) is 0 Å². The van der Waals surface area contributed by atoms with E-state index in [-0.39, 0.29) is 11.4 Å². The normalized spacial score (nSPS) is 11.7. The Kier molecular flexibility index (Phi) is 5.95. The summed E-state index contributed by atoms with van der Waals surface area (Å²) in [7, 11) is 0.708. The van der Waals surface area contributed by atoms with Crippen molar-refractivity contribution in [1.82, 2.24) is 9.29 Å². The highest BCUT2D eigenvalue weighted by atomic mass is 32.2. The van der Waals surface area contributed by atoms with Gasteiger partial charge in [0.1, 0.15) is 5.76 Å². The lowest BCUT2D eigenvalue weighted by Crippen LogP contribution is -2.27. The Balaban J connectivity index is 1.88. The predicted octanol–water partition coefficient (Wildman–Crippen LogP) is 3.80. The first-order valence-electron chi connectivity index (χ1n) is 8.98. The van der Waals surface area contributed by atoms with Gasteiger partial charge in [-0.15, -0.1) is 0 Å². The molecule has 0 spiro atoms. The van der Waals surface area contributed by atoms with E-state index in [1.54, 1.807) is 13.0 Å². The second-order valence-corrected chi connectivity index (χ2v) is 8.66. The van der Waals surface area contributed by atoms with Gasteiger partial charge in [-0.2, -0.15) is 4.31 Å². The molecule has 0 N–H and O–H groups in total. The fourth-order valence-corrected chi connectivity index (χ4v) is 4.10. The van der Waals surface area contributed by atoms with Gasteiger partial charge in [0.05, 0.1) is 31.4 Å². The molecule has 3 rings (SSSR count). The van der Waals surface area contributed by atoms with E-state index in [1.165, 1.54) is 37.7 Å². The minimum absolute atomic E-state index is 0.0812. The molecule has 154 valence electrons. The number of aryl methyl sites for hydroxylation is 2. The number of ether oxygens (including phenoxy) is 2. The minimum atomic E-state index is -3.76. The second-order valence-electron chi connectivity index (χ2n) is 6.61. The molecule has 0 bridgehead atoms. The maximum absolute atomic E-state index is 13.0. The number of rotatable bonds is 7. The van der Waals surface area contributed by atoms with Gasteiger partial charge in [0, 0.05) is 18.7 Å². The number of methoxy groups -OCH3 is 2. The van der Waals surface area contributed by atoms with E-state index < -0.39 is 10.0 Å². The van der Waals surface area contributed by atoms with Crippen molar-refractivity contribution in [3.05, 3.63) is 59.5 Å². The van der Waals surface area contributed by atoms with Crippen molar-refractivity contribution in [2.75, 3.05) is 21.3 Å². The number of nitrogens with zero attached hydrogens (tertiary/aromatic N) is 2. The number of aromatic nitrogens is 1. The molecular weight excluding hydrogens is 392 g/mol. The molecule has 7 nitrogen and oxygen atoms in total. The second kappa shape index (κ2) is 8.26. The number of hydrogen-bond acceptors (Lipinski definition) is 6. The van der Waals surface area contributed by atoms with Gasteiger partial charge in [0.25, 0.3) is 0 Å². The molecule has 8 heteroatoms. The van der Waals surface area contributed by atoms with Crippen molar-refractivity contribution >= 4 is 10.0 Å². The number of benzene rings is 2. The zero-order valence-corrected chi connectivity index (χ0v) is 17.9. The van der Waals surface area contributed by atoms with Crippen LogP contribution in [-0.2, 0) is 16.6 Å². The number of hydrogen-bond donors (Lipinski definition) is 0. The lowest BCUT2D eigenvalue weighted by atomic mass is 10.1. The summed E-state index contributed by atoms with van der Waals surface area (Å²) >= 11 is 0. The van der Waals surface area contributed by atoms with Crippen LogP contribution in [0.3, 0.4) is 0 Å². The summed E-state index contributed by atoms with van der Waals surface area (Å²) in [4.78, 5) is 4.64. The average Bonchev–Trinajstić information content (AvgIpc) is 3.07. The van der Waals surface area contributed by atoms with E-state index in [1.807, 2.05) is 31.2 Å². The van der Waals surface area contributed by atoms with Crippen molar-refractivity contribution in [2.24, 2.45) is 0 Å². The first-order valence-corrected chi connectivity index (χ1v) is 10.4. The molecule has 0 aliphatic carbocycles. The Morgan fingerprint density at radius 1 is 1.03 bits per heavy atom. The van der Waals surface area contributed by atoms with Gasteiger partial charge in [-0.25, -0.2) is 13.4 Å². The molecule has 2 aromatic carbocycles. The quantitative estimate of drug-likeness (QED) is 0.583. The van der Waals surface area contributed by atoms with Crippen LogP contribution in [-0.4, -0.2) is 39.0 Å². The van der Waals surface area contributed by atoms with Gasteiger partial charge < -0.3 is 13.9 Å². The third kappa shape index (κ3) is 4.13. The van der Waals surface area contributed by atoms with Crippen molar-refractivity contribution in [3.8, 4) is 23.0 Å². The van der Waals surface area contributed by atoms with Crippen LogP contribution in [0, 0.1) is 13.8 Å². The minimum Gasteiger partial charge on any atom is -0.493 e. The summed E-state index contributed by atoms with van der Waals surface area (Å²) in [5, 5.41) is 0. The van der Waals surface area contributed by atoms with Gasteiger partial charge >= 0.3 is 0 Å². The Morgan fingerprint density at radius 3 is 2.38 bits per heavy atom. The van der Waals surface area contributed by atoms with Crippen LogP contribution in [0.25, 0.3) is 11.5 Å². The summed E-state index contributed by atoms with van der Waals surface area (Å²) in [6.45, 7) is 3.83. The third-order valence-corrected chi connectivity index (χ3v) is 6.50. The van der Waals surface area contributed by atoms with Gasteiger partial charge in [0.15, 0.2) is 11.5 Å². The number of oxazole rings is 1. The molecule has 0 radical (unpaired) electrons. The summed E-state index contributed by atoms with van der Waals surface area (Å²) < 4.78 is 43.5. The van der Waals surface area contributed by atoms with E-state index in [9.17, 15) is 8.42 Å². The van der Waals surface area contributed by atoms with E-state index in [2.05, 4.69) is 4.98 Å². The smallest absolute Gasteiger partial charge is 0.243 e. The van der Waals surface area contributed by atoms with Gasteiger partial charge in [-0.1, -0.05) is 18.2 Å². The molecule has 29 heavy (non-hydrogen) atoms. The zero-order chi connectivity index (χ0) is 21.2. The van der Waals surface area contributed by atoms with Crippen LogP contribution in [0.5, 0.6) is 11.5 Å². The van der Waals surface area contributed by atoms with Crippen LogP contribution in [0.4, 0.5) is 0 Å². The number of sulfonamides is 1. The van der Waals surface area contributed by atoms with Gasteiger partial charge in [0.2, 0.25) is 15.9 Å². The third-order valence-electron chi connectivity index (χ3n) is 4.70. The van der Waals surface area contributed by atoms with E-state index in [0.29, 0.717) is 28.8 Å². The molecular formula is C21H24N2O5S. The first-order chi connectivity index (χ1) is 13.8. The molecule has 0 unspecified atom stereocenters. The molecule has 3 aromatic rings. The van der Waals surface area contributed by atoms with Crippen LogP contribution in [0.15, 0.2) is 51.8 Å². The topological polar surface area (TPSA) is 81.9 Å². The molecule has 0 saturated carbocycles. The molecule has 0 amide bonds. The van der Waals surface area contributed by atoms with Crippen LogP contribution in [0.1, 0.15) is 17.0 Å².